The van der Waals surface area contributed by atoms with Crippen molar-refractivity contribution < 1.29 is 13.9 Å². The van der Waals surface area contributed by atoms with Crippen LogP contribution in [0.1, 0.15) is 39.2 Å². The Balaban J connectivity index is 1.41. The summed E-state index contributed by atoms with van der Waals surface area (Å²) in [4.78, 5) is 18.9. The fraction of sp³-hybridized carbons (Fsp3) is 0.440. The van der Waals surface area contributed by atoms with Crippen molar-refractivity contribution in [3.05, 3.63) is 59.9 Å². The lowest BCUT2D eigenvalue weighted by Crippen LogP contribution is -2.42. The van der Waals surface area contributed by atoms with Crippen LogP contribution in [0.25, 0.3) is 11.0 Å². The van der Waals surface area contributed by atoms with E-state index >= 15 is 0 Å². The van der Waals surface area contributed by atoms with Crippen molar-refractivity contribution in [3.8, 4) is 0 Å². The molecule has 2 heterocycles. The van der Waals surface area contributed by atoms with Gasteiger partial charge in [0.25, 0.3) is 0 Å². The third kappa shape index (κ3) is 5.39. The minimum Gasteiger partial charge on any atom is -0.444 e. The molecule has 0 saturated carbocycles. The van der Waals surface area contributed by atoms with Crippen LogP contribution in [0.5, 0.6) is 0 Å². The number of fused-ring (bicyclic) bond motifs is 1. The highest BCUT2D eigenvalue weighted by molar-refractivity contribution is 5.78. The summed E-state index contributed by atoms with van der Waals surface area (Å²) in [7, 11) is 0. The lowest BCUT2D eigenvalue weighted by atomic mass is 9.97. The quantitative estimate of drug-likeness (QED) is 0.589. The number of hydrogen-bond acceptors (Lipinski definition) is 4. The number of amides is 1. The van der Waals surface area contributed by atoms with E-state index in [0.717, 1.165) is 41.9 Å². The summed E-state index contributed by atoms with van der Waals surface area (Å²) in [5.74, 6) is 0.985. The fourth-order valence-electron chi connectivity index (χ4n) is 4.07. The summed E-state index contributed by atoms with van der Waals surface area (Å²) in [6, 6.07) is 14.7. The first-order valence-corrected chi connectivity index (χ1v) is 11.2. The van der Waals surface area contributed by atoms with Crippen LogP contribution in [0.2, 0.25) is 0 Å². The molecule has 1 saturated heterocycles. The second-order valence-electron chi connectivity index (χ2n) is 9.43. The smallest absolute Gasteiger partial charge is 0.410 e. The number of anilines is 1. The molecule has 0 atom stereocenters. The van der Waals surface area contributed by atoms with Gasteiger partial charge < -0.3 is 19.5 Å². The molecule has 0 aliphatic carbocycles. The van der Waals surface area contributed by atoms with Crippen LogP contribution in [-0.4, -0.2) is 45.8 Å². The first-order valence-electron chi connectivity index (χ1n) is 11.2. The second kappa shape index (κ2) is 9.18. The molecule has 7 heteroatoms. The summed E-state index contributed by atoms with van der Waals surface area (Å²) >= 11 is 0. The number of para-hydroxylation sites is 2. The van der Waals surface area contributed by atoms with E-state index in [1.54, 1.807) is 17.0 Å². The minimum absolute atomic E-state index is 0.235. The number of halogens is 1. The average molecular weight is 439 g/mol. The van der Waals surface area contributed by atoms with Crippen LogP contribution in [0.3, 0.4) is 0 Å². The van der Waals surface area contributed by atoms with Crippen molar-refractivity contribution in [2.75, 3.05) is 25.0 Å². The Bertz CT molecular complexity index is 1080. The van der Waals surface area contributed by atoms with E-state index in [1.807, 2.05) is 51.1 Å². The molecular formula is C25H31FN4O2. The SMILES string of the molecule is CC(C)(C)OC(=O)N1CCC(CNc2nc3ccccc3n2Cc2cccc(F)c2)CC1. The number of rotatable bonds is 5. The largest absolute Gasteiger partial charge is 0.444 e. The summed E-state index contributed by atoms with van der Waals surface area (Å²) in [5.41, 5.74) is 2.34. The molecule has 0 unspecified atom stereocenters. The summed E-state index contributed by atoms with van der Waals surface area (Å²) in [6.07, 6.45) is 1.59. The van der Waals surface area contributed by atoms with Gasteiger partial charge >= 0.3 is 6.09 Å². The molecule has 170 valence electrons. The van der Waals surface area contributed by atoms with E-state index in [-0.39, 0.29) is 11.9 Å². The van der Waals surface area contributed by atoms with E-state index in [9.17, 15) is 9.18 Å². The van der Waals surface area contributed by atoms with Gasteiger partial charge in [-0.25, -0.2) is 14.2 Å². The van der Waals surface area contributed by atoms with Crippen molar-refractivity contribution in [3.63, 3.8) is 0 Å². The molecule has 1 aliphatic heterocycles. The Morgan fingerprint density at radius 3 is 2.62 bits per heavy atom. The van der Waals surface area contributed by atoms with Crippen LogP contribution in [0, 0.1) is 11.7 Å². The zero-order valence-corrected chi connectivity index (χ0v) is 19.0. The maximum atomic E-state index is 13.7. The fourth-order valence-corrected chi connectivity index (χ4v) is 4.07. The normalized spacial score (nSPS) is 15.2. The van der Waals surface area contributed by atoms with Gasteiger partial charge in [0.15, 0.2) is 0 Å². The third-order valence-corrected chi connectivity index (χ3v) is 5.70. The van der Waals surface area contributed by atoms with Gasteiger partial charge in [0.05, 0.1) is 17.6 Å². The highest BCUT2D eigenvalue weighted by atomic mass is 19.1. The van der Waals surface area contributed by atoms with Gasteiger partial charge in [-0.2, -0.15) is 0 Å². The van der Waals surface area contributed by atoms with Crippen molar-refractivity contribution in [1.82, 2.24) is 14.5 Å². The maximum Gasteiger partial charge on any atom is 0.410 e. The molecule has 4 rings (SSSR count). The van der Waals surface area contributed by atoms with E-state index < -0.39 is 5.60 Å². The van der Waals surface area contributed by atoms with E-state index in [0.29, 0.717) is 25.6 Å². The van der Waals surface area contributed by atoms with Crippen LogP contribution in [0.4, 0.5) is 15.1 Å². The maximum absolute atomic E-state index is 13.7. The Morgan fingerprint density at radius 2 is 1.91 bits per heavy atom. The van der Waals surface area contributed by atoms with E-state index in [2.05, 4.69) is 9.88 Å². The lowest BCUT2D eigenvalue weighted by molar-refractivity contribution is 0.0188. The molecule has 0 spiro atoms. The van der Waals surface area contributed by atoms with E-state index in [4.69, 9.17) is 9.72 Å². The number of nitrogens with one attached hydrogen (secondary N) is 1. The highest BCUT2D eigenvalue weighted by Crippen LogP contribution is 2.24. The van der Waals surface area contributed by atoms with Crippen molar-refractivity contribution in [1.29, 1.82) is 0 Å². The van der Waals surface area contributed by atoms with E-state index in [1.165, 1.54) is 6.07 Å². The molecule has 1 aromatic heterocycles. The Morgan fingerprint density at radius 1 is 1.16 bits per heavy atom. The number of carbonyl (C=O) groups is 1. The molecule has 0 radical (unpaired) electrons. The summed E-state index contributed by atoms with van der Waals surface area (Å²) in [5, 5.41) is 3.51. The molecule has 0 bridgehead atoms. The van der Waals surface area contributed by atoms with Gasteiger partial charge in [0.1, 0.15) is 11.4 Å². The van der Waals surface area contributed by atoms with Gasteiger partial charge in [0, 0.05) is 19.6 Å². The Hall–Kier alpha value is -3.09. The van der Waals surface area contributed by atoms with Crippen molar-refractivity contribution in [2.45, 2.75) is 45.8 Å². The number of aromatic nitrogens is 2. The first-order chi connectivity index (χ1) is 15.3. The van der Waals surface area contributed by atoms with Crippen LogP contribution in [-0.2, 0) is 11.3 Å². The average Bonchev–Trinajstić information content (AvgIpc) is 3.09. The summed E-state index contributed by atoms with van der Waals surface area (Å²) in [6.45, 7) is 8.36. The van der Waals surface area contributed by atoms with Gasteiger partial charge in [-0.15, -0.1) is 0 Å². The highest BCUT2D eigenvalue weighted by Gasteiger charge is 2.27. The Kier molecular flexibility index (Phi) is 6.35. The van der Waals surface area contributed by atoms with Crippen molar-refractivity contribution >= 4 is 23.1 Å². The minimum atomic E-state index is -0.476. The molecule has 1 aliphatic rings. The standard InChI is InChI=1S/C25H31FN4O2/c1-25(2,3)32-24(31)29-13-11-18(12-14-29)16-27-23-28-21-9-4-5-10-22(21)30(23)17-19-7-6-8-20(26)15-19/h4-10,15,18H,11-14,16-17H2,1-3H3,(H,27,28). The van der Waals surface area contributed by atoms with Crippen molar-refractivity contribution in [2.24, 2.45) is 5.92 Å². The molecular weight excluding hydrogens is 407 g/mol. The number of imidazole rings is 1. The van der Waals surface area contributed by atoms with Crippen LogP contribution >= 0.6 is 0 Å². The van der Waals surface area contributed by atoms with Gasteiger partial charge in [0.2, 0.25) is 5.95 Å². The molecule has 1 N–H and O–H groups in total. The van der Waals surface area contributed by atoms with Gasteiger partial charge in [-0.05, 0) is 69.4 Å². The zero-order chi connectivity index (χ0) is 22.7. The number of hydrogen-bond donors (Lipinski definition) is 1. The number of nitrogens with zero attached hydrogens (tertiary/aromatic N) is 3. The number of piperidine rings is 1. The Labute approximate surface area is 188 Å². The van der Waals surface area contributed by atoms with Crippen LogP contribution < -0.4 is 5.32 Å². The topological polar surface area (TPSA) is 59.4 Å². The first kappa shape index (κ1) is 22.1. The lowest BCUT2D eigenvalue weighted by Gasteiger charge is -2.33. The molecule has 1 amide bonds. The molecule has 6 nitrogen and oxygen atoms in total. The second-order valence-corrected chi connectivity index (χ2v) is 9.43. The monoisotopic (exact) mass is 438 g/mol. The predicted molar refractivity (Wildman–Crippen MR) is 124 cm³/mol. The number of benzene rings is 2. The zero-order valence-electron chi connectivity index (χ0n) is 19.0. The number of carbonyl (C=O) groups excluding carboxylic acids is 1. The molecule has 32 heavy (non-hydrogen) atoms. The van der Waals surface area contributed by atoms with Crippen LogP contribution in [0.15, 0.2) is 48.5 Å². The molecule has 3 aromatic rings. The molecule has 2 aromatic carbocycles. The number of likely N-dealkylation sites (tertiary alicyclic amines) is 1. The number of ether oxygens (including phenoxy) is 1. The summed E-state index contributed by atoms with van der Waals surface area (Å²) < 4.78 is 21.3. The van der Waals surface area contributed by atoms with Gasteiger partial charge in [-0.1, -0.05) is 24.3 Å². The third-order valence-electron chi connectivity index (χ3n) is 5.70. The predicted octanol–water partition coefficient (Wildman–Crippen LogP) is 5.28. The molecule has 1 fully saturated rings. The van der Waals surface area contributed by atoms with Gasteiger partial charge in [-0.3, -0.25) is 0 Å².